The number of carboxylic acid groups (broad SMARTS) is 2. The highest BCUT2D eigenvalue weighted by atomic mass is 16.4. The Hall–Kier alpha value is -2.08. The molecule has 6 nitrogen and oxygen atoms in total. The lowest BCUT2D eigenvalue weighted by molar-refractivity contribution is -0.142. The van der Waals surface area contributed by atoms with Crippen molar-refractivity contribution in [3.63, 3.8) is 0 Å². The van der Waals surface area contributed by atoms with Crippen LogP contribution in [0.5, 0.6) is 5.75 Å². The zero-order valence-electron chi connectivity index (χ0n) is 9.41. The molecule has 1 heterocycles. The first-order valence-electron chi connectivity index (χ1n) is 5.49. The van der Waals surface area contributed by atoms with E-state index in [0.29, 0.717) is 5.56 Å². The number of aliphatic carboxylic acids is 2. The number of rotatable bonds is 3. The van der Waals surface area contributed by atoms with E-state index in [2.05, 4.69) is 5.32 Å². The van der Waals surface area contributed by atoms with Crippen LogP contribution in [0.25, 0.3) is 0 Å². The lowest BCUT2D eigenvalue weighted by Gasteiger charge is -2.16. The maximum atomic E-state index is 11.1. The minimum atomic E-state index is -1.05. The molecular weight excluding hydrogens is 238 g/mol. The predicted octanol–water partition coefficient (Wildman–Crippen LogP) is 0.581. The van der Waals surface area contributed by atoms with E-state index in [-0.39, 0.29) is 12.2 Å². The molecular formula is C12H13NO5. The molecule has 0 saturated carbocycles. The molecule has 1 aromatic rings. The lowest BCUT2D eigenvalue weighted by Crippen LogP contribution is -2.32. The molecule has 1 aromatic carbocycles. The number of hydrogen-bond acceptors (Lipinski definition) is 4. The summed E-state index contributed by atoms with van der Waals surface area (Å²) in [6.07, 6.45) is 0.0518. The summed E-state index contributed by atoms with van der Waals surface area (Å²) in [5, 5.41) is 30.0. The van der Waals surface area contributed by atoms with Crippen molar-refractivity contribution in [1.29, 1.82) is 0 Å². The first kappa shape index (κ1) is 12.4. The van der Waals surface area contributed by atoms with Gasteiger partial charge in [0.25, 0.3) is 0 Å². The molecule has 0 radical (unpaired) electrons. The van der Waals surface area contributed by atoms with Crippen LogP contribution in [0.2, 0.25) is 0 Å². The topological polar surface area (TPSA) is 107 Å². The third-order valence-corrected chi connectivity index (χ3v) is 3.14. The van der Waals surface area contributed by atoms with Crippen LogP contribution < -0.4 is 5.32 Å². The normalized spacial score (nSPS) is 27.0. The molecule has 96 valence electrons. The Bertz CT molecular complexity index is 470. The van der Waals surface area contributed by atoms with Gasteiger partial charge in [-0.05, 0) is 24.1 Å². The third-order valence-electron chi connectivity index (χ3n) is 3.14. The van der Waals surface area contributed by atoms with E-state index in [0.717, 1.165) is 0 Å². The summed E-state index contributed by atoms with van der Waals surface area (Å²) >= 11 is 0. The Balaban J connectivity index is 2.27. The second kappa shape index (κ2) is 4.66. The van der Waals surface area contributed by atoms with E-state index in [1.807, 2.05) is 0 Å². The average Bonchev–Trinajstić information content (AvgIpc) is 2.75. The van der Waals surface area contributed by atoms with Gasteiger partial charge in [-0.3, -0.25) is 14.9 Å². The van der Waals surface area contributed by atoms with Crippen LogP contribution >= 0.6 is 0 Å². The predicted molar refractivity (Wildman–Crippen MR) is 61.2 cm³/mol. The fraction of sp³-hybridized carbons (Fsp3) is 0.333. The first-order chi connectivity index (χ1) is 8.49. The maximum absolute atomic E-state index is 11.1. The Morgan fingerprint density at radius 3 is 2.22 bits per heavy atom. The molecule has 6 heteroatoms. The fourth-order valence-corrected chi connectivity index (χ4v) is 2.22. The van der Waals surface area contributed by atoms with Gasteiger partial charge in [-0.15, -0.1) is 0 Å². The summed E-state index contributed by atoms with van der Waals surface area (Å²) in [4.78, 5) is 22.0. The van der Waals surface area contributed by atoms with Gasteiger partial charge in [0.2, 0.25) is 0 Å². The molecule has 18 heavy (non-hydrogen) atoms. The molecule has 0 amide bonds. The van der Waals surface area contributed by atoms with E-state index in [1.54, 1.807) is 12.1 Å². The summed E-state index contributed by atoms with van der Waals surface area (Å²) in [5.41, 5.74) is 0.656. The molecule has 4 N–H and O–H groups in total. The van der Waals surface area contributed by atoms with Gasteiger partial charge in [0.15, 0.2) is 0 Å². The summed E-state index contributed by atoms with van der Waals surface area (Å²) < 4.78 is 0. The molecule has 1 fully saturated rings. The molecule has 3 atom stereocenters. The quantitative estimate of drug-likeness (QED) is 0.626. The number of benzene rings is 1. The van der Waals surface area contributed by atoms with Crippen molar-refractivity contribution >= 4 is 11.9 Å². The minimum absolute atomic E-state index is 0.0518. The van der Waals surface area contributed by atoms with Crippen LogP contribution in [0.4, 0.5) is 0 Å². The SMILES string of the molecule is O=C(O)C1CC(C(=O)O)C(c2ccc(O)cc2)N1. The van der Waals surface area contributed by atoms with Gasteiger partial charge in [-0.2, -0.15) is 0 Å². The van der Waals surface area contributed by atoms with E-state index in [4.69, 9.17) is 10.2 Å². The number of hydrogen-bond donors (Lipinski definition) is 4. The van der Waals surface area contributed by atoms with E-state index < -0.39 is 29.9 Å². The summed E-state index contributed by atoms with van der Waals surface area (Å²) in [5.74, 6) is -2.78. The van der Waals surface area contributed by atoms with Gasteiger partial charge in [0.1, 0.15) is 11.8 Å². The van der Waals surface area contributed by atoms with Gasteiger partial charge in [0, 0.05) is 6.04 Å². The Morgan fingerprint density at radius 1 is 1.11 bits per heavy atom. The number of phenolic OH excluding ortho intramolecular Hbond substituents is 1. The minimum Gasteiger partial charge on any atom is -0.508 e. The van der Waals surface area contributed by atoms with Crippen LogP contribution in [0, 0.1) is 5.92 Å². The average molecular weight is 251 g/mol. The Kier molecular flexibility index (Phi) is 3.20. The maximum Gasteiger partial charge on any atom is 0.320 e. The molecule has 1 aliphatic heterocycles. The van der Waals surface area contributed by atoms with Crippen molar-refractivity contribution in [3.05, 3.63) is 29.8 Å². The van der Waals surface area contributed by atoms with Crippen molar-refractivity contribution in [2.75, 3.05) is 0 Å². The van der Waals surface area contributed by atoms with E-state index >= 15 is 0 Å². The molecule has 3 unspecified atom stereocenters. The largest absolute Gasteiger partial charge is 0.508 e. The molecule has 0 aromatic heterocycles. The molecule has 1 saturated heterocycles. The third kappa shape index (κ3) is 2.28. The first-order valence-corrected chi connectivity index (χ1v) is 5.49. The second-order valence-corrected chi connectivity index (χ2v) is 4.31. The molecule has 2 rings (SSSR count). The highest BCUT2D eigenvalue weighted by molar-refractivity contribution is 5.78. The second-order valence-electron chi connectivity index (χ2n) is 4.31. The zero-order chi connectivity index (χ0) is 13.3. The summed E-state index contributed by atoms with van der Waals surface area (Å²) in [6.45, 7) is 0. The summed E-state index contributed by atoms with van der Waals surface area (Å²) in [6, 6.07) is 4.67. The van der Waals surface area contributed by atoms with Gasteiger partial charge >= 0.3 is 11.9 Å². The van der Waals surface area contributed by atoms with E-state index in [1.165, 1.54) is 12.1 Å². The summed E-state index contributed by atoms with van der Waals surface area (Å²) in [7, 11) is 0. The van der Waals surface area contributed by atoms with Gasteiger partial charge in [0.05, 0.1) is 5.92 Å². The number of carboxylic acids is 2. The standard InChI is InChI=1S/C12H13NO5/c14-7-3-1-6(2-4-7)10-8(11(15)16)5-9(13-10)12(17)18/h1-4,8-10,13-14H,5H2,(H,15,16)(H,17,18). The van der Waals surface area contributed by atoms with Crippen molar-refractivity contribution in [2.24, 2.45) is 5.92 Å². The number of phenols is 1. The highest BCUT2D eigenvalue weighted by Gasteiger charge is 2.42. The van der Waals surface area contributed by atoms with Crippen molar-refractivity contribution in [2.45, 2.75) is 18.5 Å². The Labute approximate surface area is 103 Å². The highest BCUT2D eigenvalue weighted by Crippen LogP contribution is 2.33. The van der Waals surface area contributed by atoms with Gasteiger partial charge in [-0.25, -0.2) is 0 Å². The Morgan fingerprint density at radius 2 is 1.72 bits per heavy atom. The van der Waals surface area contributed by atoms with Crippen LogP contribution in [0.3, 0.4) is 0 Å². The van der Waals surface area contributed by atoms with Crippen LogP contribution in [0.1, 0.15) is 18.0 Å². The van der Waals surface area contributed by atoms with Crippen LogP contribution in [-0.2, 0) is 9.59 Å². The molecule has 1 aliphatic rings. The molecule has 0 spiro atoms. The lowest BCUT2D eigenvalue weighted by atomic mass is 9.93. The fourth-order valence-electron chi connectivity index (χ4n) is 2.22. The molecule has 0 aliphatic carbocycles. The molecule has 0 bridgehead atoms. The number of aromatic hydroxyl groups is 1. The zero-order valence-corrected chi connectivity index (χ0v) is 9.41. The monoisotopic (exact) mass is 251 g/mol. The van der Waals surface area contributed by atoms with Crippen LogP contribution in [-0.4, -0.2) is 33.3 Å². The van der Waals surface area contributed by atoms with E-state index in [9.17, 15) is 14.7 Å². The number of carbonyl (C=O) groups is 2. The number of nitrogens with one attached hydrogen (secondary N) is 1. The van der Waals surface area contributed by atoms with Crippen LogP contribution in [0.15, 0.2) is 24.3 Å². The van der Waals surface area contributed by atoms with Crippen molar-refractivity contribution in [1.82, 2.24) is 5.32 Å². The smallest absolute Gasteiger partial charge is 0.320 e. The van der Waals surface area contributed by atoms with Gasteiger partial charge < -0.3 is 15.3 Å². The van der Waals surface area contributed by atoms with Gasteiger partial charge in [-0.1, -0.05) is 12.1 Å². The van der Waals surface area contributed by atoms with Crippen molar-refractivity contribution in [3.8, 4) is 5.75 Å². The van der Waals surface area contributed by atoms with Crippen molar-refractivity contribution < 1.29 is 24.9 Å².